The maximum atomic E-state index is 11.5. The van der Waals surface area contributed by atoms with Crippen LogP contribution in [-0.2, 0) is 14.3 Å². The van der Waals surface area contributed by atoms with Gasteiger partial charge in [-0.3, -0.25) is 9.59 Å². The zero-order valence-corrected chi connectivity index (χ0v) is 12.9. The molecule has 0 saturated carbocycles. The minimum absolute atomic E-state index is 0.00742. The Hall–Kier alpha value is -1.73. The summed E-state index contributed by atoms with van der Waals surface area (Å²) in [6.45, 7) is 1.06. The fraction of sp³-hybridized carbons (Fsp3) is 0.357. The SMILES string of the molecule is O=C(NCC1CCCO1)C(=O)N/N=C/c1ccc(Br)cc1. The number of carbonyl (C=O) groups is 2. The molecule has 21 heavy (non-hydrogen) atoms. The van der Waals surface area contributed by atoms with E-state index in [1.54, 1.807) is 0 Å². The third-order valence-electron chi connectivity index (χ3n) is 2.97. The summed E-state index contributed by atoms with van der Waals surface area (Å²) in [6, 6.07) is 7.38. The van der Waals surface area contributed by atoms with E-state index < -0.39 is 11.8 Å². The summed E-state index contributed by atoms with van der Waals surface area (Å²) >= 11 is 3.32. The zero-order chi connectivity index (χ0) is 15.1. The number of amides is 2. The van der Waals surface area contributed by atoms with Gasteiger partial charge in [-0.2, -0.15) is 5.10 Å². The van der Waals surface area contributed by atoms with Crippen molar-refractivity contribution in [3.8, 4) is 0 Å². The van der Waals surface area contributed by atoms with Crippen molar-refractivity contribution in [3.05, 3.63) is 34.3 Å². The first-order valence-electron chi connectivity index (χ1n) is 6.63. The molecule has 2 rings (SSSR count). The van der Waals surface area contributed by atoms with Gasteiger partial charge in [0.05, 0.1) is 12.3 Å². The van der Waals surface area contributed by atoms with Crippen LogP contribution in [0.15, 0.2) is 33.8 Å². The minimum Gasteiger partial charge on any atom is -0.376 e. The van der Waals surface area contributed by atoms with Crippen LogP contribution in [0.5, 0.6) is 0 Å². The smallest absolute Gasteiger partial charge is 0.329 e. The molecule has 0 aliphatic carbocycles. The third kappa shape index (κ3) is 5.28. The fourth-order valence-corrected chi connectivity index (χ4v) is 2.12. The Bertz CT molecular complexity index is 525. The van der Waals surface area contributed by atoms with Crippen molar-refractivity contribution in [2.45, 2.75) is 18.9 Å². The monoisotopic (exact) mass is 353 g/mol. The van der Waals surface area contributed by atoms with Crippen molar-refractivity contribution in [2.75, 3.05) is 13.2 Å². The van der Waals surface area contributed by atoms with Gasteiger partial charge in [0.1, 0.15) is 0 Å². The first-order chi connectivity index (χ1) is 10.1. The van der Waals surface area contributed by atoms with Crippen molar-refractivity contribution < 1.29 is 14.3 Å². The average molecular weight is 354 g/mol. The number of rotatable bonds is 4. The summed E-state index contributed by atoms with van der Waals surface area (Å²) in [6.07, 6.45) is 3.37. The highest BCUT2D eigenvalue weighted by atomic mass is 79.9. The highest BCUT2D eigenvalue weighted by Crippen LogP contribution is 2.10. The van der Waals surface area contributed by atoms with Gasteiger partial charge in [-0.05, 0) is 30.5 Å². The van der Waals surface area contributed by atoms with E-state index in [-0.39, 0.29) is 6.10 Å². The van der Waals surface area contributed by atoms with Gasteiger partial charge in [0.25, 0.3) is 0 Å². The predicted octanol–water partition coefficient (Wildman–Crippen LogP) is 1.19. The number of hydrogen-bond donors (Lipinski definition) is 2. The number of halogens is 1. The number of carbonyl (C=O) groups excluding carboxylic acids is 2. The second-order valence-electron chi connectivity index (χ2n) is 4.60. The third-order valence-corrected chi connectivity index (χ3v) is 3.50. The maximum absolute atomic E-state index is 11.5. The molecule has 1 heterocycles. The molecule has 1 saturated heterocycles. The highest BCUT2D eigenvalue weighted by Gasteiger charge is 2.18. The topological polar surface area (TPSA) is 79.8 Å². The molecule has 1 unspecified atom stereocenters. The van der Waals surface area contributed by atoms with E-state index in [4.69, 9.17) is 4.74 Å². The molecule has 1 atom stereocenters. The standard InChI is InChI=1S/C14H16BrN3O3/c15-11-5-3-10(4-6-11)8-17-18-14(20)13(19)16-9-12-2-1-7-21-12/h3-6,8,12H,1-2,7,9H2,(H,16,19)(H,18,20)/b17-8+. The van der Waals surface area contributed by atoms with Crippen LogP contribution in [0.2, 0.25) is 0 Å². The lowest BCUT2D eigenvalue weighted by atomic mass is 10.2. The van der Waals surface area contributed by atoms with E-state index in [1.807, 2.05) is 24.3 Å². The quantitative estimate of drug-likeness (QED) is 0.484. The second-order valence-corrected chi connectivity index (χ2v) is 5.51. The molecule has 1 aromatic carbocycles. The van der Waals surface area contributed by atoms with Crippen LogP contribution in [0.3, 0.4) is 0 Å². The van der Waals surface area contributed by atoms with Crippen LogP contribution in [0, 0.1) is 0 Å². The van der Waals surface area contributed by atoms with Crippen LogP contribution in [0.1, 0.15) is 18.4 Å². The summed E-state index contributed by atoms with van der Waals surface area (Å²) in [5.74, 6) is -1.50. The number of hydrazone groups is 1. The van der Waals surface area contributed by atoms with Gasteiger partial charge in [-0.25, -0.2) is 5.43 Å². The van der Waals surface area contributed by atoms with Gasteiger partial charge in [-0.15, -0.1) is 0 Å². The van der Waals surface area contributed by atoms with Crippen molar-refractivity contribution in [3.63, 3.8) is 0 Å². The number of hydrogen-bond acceptors (Lipinski definition) is 4. The van der Waals surface area contributed by atoms with Crippen LogP contribution in [-0.4, -0.2) is 37.3 Å². The molecule has 6 nitrogen and oxygen atoms in total. The van der Waals surface area contributed by atoms with Gasteiger partial charge in [0.15, 0.2) is 0 Å². The number of nitrogens with one attached hydrogen (secondary N) is 2. The van der Waals surface area contributed by atoms with E-state index in [0.29, 0.717) is 13.2 Å². The molecule has 0 spiro atoms. The van der Waals surface area contributed by atoms with Crippen molar-refractivity contribution in [2.24, 2.45) is 5.10 Å². The lowest BCUT2D eigenvalue weighted by Gasteiger charge is -2.09. The lowest BCUT2D eigenvalue weighted by Crippen LogP contribution is -2.41. The van der Waals surface area contributed by atoms with Crippen molar-refractivity contribution in [1.29, 1.82) is 0 Å². The van der Waals surface area contributed by atoms with E-state index in [9.17, 15) is 9.59 Å². The molecule has 7 heteroatoms. The first kappa shape index (κ1) is 15.7. The molecule has 112 valence electrons. The molecular weight excluding hydrogens is 338 g/mol. The molecular formula is C14H16BrN3O3. The predicted molar refractivity (Wildman–Crippen MR) is 81.9 cm³/mol. The van der Waals surface area contributed by atoms with Gasteiger partial charge >= 0.3 is 11.8 Å². The van der Waals surface area contributed by atoms with Gasteiger partial charge < -0.3 is 10.1 Å². The zero-order valence-electron chi connectivity index (χ0n) is 11.3. The van der Waals surface area contributed by atoms with Gasteiger partial charge in [0.2, 0.25) is 0 Å². The highest BCUT2D eigenvalue weighted by molar-refractivity contribution is 9.10. The largest absolute Gasteiger partial charge is 0.376 e. The van der Waals surface area contributed by atoms with Crippen LogP contribution >= 0.6 is 15.9 Å². The normalized spacial score (nSPS) is 17.9. The van der Waals surface area contributed by atoms with Crippen LogP contribution in [0.4, 0.5) is 0 Å². The Balaban J connectivity index is 1.72. The summed E-state index contributed by atoms with van der Waals surface area (Å²) in [4.78, 5) is 23.0. The minimum atomic E-state index is -0.790. The first-order valence-corrected chi connectivity index (χ1v) is 7.43. The summed E-state index contributed by atoms with van der Waals surface area (Å²) in [5.41, 5.74) is 3.00. The molecule has 1 aliphatic rings. The van der Waals surface area contributed by atoms with Gasteiger partial charge in [-0.1, -0.05) is 28.1 Å². The van der Waals surface area contributed by atoms with E-state index >= 15 is 0 Å². The lowest BCUT2D eigenvalue weighted by molar-refractivity contribution is -0.139. The Morgan fingerprint density at radius 1 is 1.33 bits per heavy atom. The Kier molecular flexibility index (Phi) is 5.89. The molecule has 1 aromatic rings. The Morgan fingerprint density at radius 2 is 2.10 bits per heavy atom. The maximum Gasteiger partial charge on any atom is 0.329 e. The summed E-state index contributed by atoms with van der Waals surface area (Å²) < 4.78 is 6.31. The number of ether oxygens (including phenoxy) is 1. The van der Waals surface area contributed by atoms with Crippen LogP contribution in [0.25, 0.3) is 0 Å². The average Bonchev–Trinajstić information content (AvgIpc) is 3.00. The van der Waals surface area contributed by atoms with E-state index in [2.05, 4.69) is 31.8 Å². The van der Waals surface area contributed by atoms with Crippen molar-refractivity contribution >= 4 is 34.0 Å². The summed E-state index contributed by atoms with van der Waals surface area (Å²) in [7, 11) is 0. The molecule has 2 N–H and O–H groups in total. The molecule has 0 aromatic heterocycles. The number of nitrogens with zero attached hydrogens (tertiary/aromatic N) is 1. The van der Waals surface area contributed by atoms with Crippen molar-refractivity contribution in [1.82, 2.24) is 10.7 Å². The molecule has 1 aliphatic heterocycles. The Labute approximate surface area is 131 Å². The molecule has 1 fully saturated rings. The summed E-state index contributed by atoms with van der Waals surface area (Å²) in [5, 5.41) is 6.26. The number of benzene rings is 1. The van der Waals surface area contributed by atoms with E-state index in [0.717, 1.165) is 22.9 Å². The van der Waals surface area contributed by atoms with Crippen LogP contribution < -0.4 is 10.7 Å². The second kappa shape index (κ2) is 7.90. The Morgan fingerprint density at radius 3 is 2.76 bits per heavy atom. The molecule has 0 bridgehead atoms. The van der Waals surface area contributed by atoms with E-state index in [1.165, 1.54) is 6.21 Å². The fourth-order valence-electron chi connectivity index (χ4n) is 1.86. The molecule has 2 amide bonds. The van der Waals surface area contributed by atoms with Gasteiger partial charge in [0, 0.05) is 17.6 Å². The molecule has 0 radical (unpaired) electrons.